The molecule has 1 fully saturated rings. The Morgan fingerprint density at radius 3 is 2.68 bits per heavy atom. The van der Waals surface area contributed by atoms with Crippen molar-refractivity contribution < 1.29 is 22.4 Å². The number of carbonyl (C=O) groups is 1. The number of hydrogen-bond acceptors (Lipinski definition) is 5. The second-order valence-electron chi connectivity index (χ2n) is 5.86. The van der Waals surface area contributed by atoms with Crippen LogP contribution < -0.4 is 4.72 Å². The van der Waals surface area contributed by atoms with Crippen LogP contribution in [-0.4, -0.2) is 45.0 Å². The summed E-state index contributed by atoms with van der Waals surface area (Å²) in [5, 5.41) is 0. The molecule has 0 saturated carbocycles. The van der Waals surface area contributed by atoms with Crippen molar-refractivity contribution in [2.45, 2.75) is 24.5 Å². The van der Waals surface area contributed by atoms with Crippen LogP contribution in [0, 0.1) is 0 Å². The van der Waals surface area contributed by atoms with Gasteiger partial charge in [0.05, 0.1) is 30.4 Å². The van der Waals surface area contributed by atoms with Crippen LogP contribution in [-0.2, 0) is 21.3 Å². The van der Waals surface area contributed by atoms with E-state index in [1.54, 1.807) is 17.0 Å². The summed E-state index contributed by atoms with van der Waals surface area (Å²) < 4.78 is 37.6. The molecule has 134 valence electrons. The largest absolute Gasteiger partial charge is 0.468 e. The second-order valence-corrected chi connectivity index (χ2v) is 7.63. The molecule has 2 heterocycles. The third kappa shape index (κ3) is 4.28. The van der Waals surface area contributed by atoms with E-state index in [0.717, 1.165) is 0 Å². The average molecular weight is 364 g/mol. The topological polar surface area (TPSA) is 88.9 Å². The van der Waals surface area contributed by atoms with Gasteiger partial charge < -0.3 is 14.1 Å². The minimum atomic E-state index is -3.67. The lowest BCUT2D eigenvalue weighted by atomic mass is 10.2. The molecule has 0 spiro atoms. The van der Waals surface area contributed by atoms with Gasteiger partial charge in [-0.3, -0.25) is 4.79 Å². The van der Waals surface area contributed by atoms with Crippen molar-refractivity contribution in [2.24, 2.45) is 0 Å². The van der Waals surface area contributed by atoms with E-state index in [2.05, 4.69) is 4.72 Å². The number of morpholine rings is 1. The maximum Gasteiger partial charge on any atom is 0.254 e. The maximum absolute atomic E-state index is 12.5. The Hall–Kier alpha value is -2.16. The van der Waals surface area contributed by atoms with Crippen molar-refractivity contribution in [1.29, 1.82) is 0 Å². The number of rotatable bonds is 5. The van der Waals surface area contributed by atoms with Gasteiger partial charge in [-0.25, -0.2) is 13.1 Å². The summed E-state index contributed by atoms with van der Waals surface area (Å²) in [6.45, 7) is 3.56. The van der Waals surface area contributed by atoms with Crippen LogP contribution in [0.5, 0.6) is 0 Å². The van der Waals surface area contributed by atoms with Crippen LogP contribution >= 0.6 is 0 Å². The van der Waals surface area contributed by atoms with Gasteiger partial charge in [0.25, 0.3) is 5.91 Å². The Bertz CT molecular complexity index is 815. The van der Waals surface area contributed by atoms with Crippen molar-refractivity contribution in [3.05, 3.63) is 54.0 Å². The number of sulfonamides is 1. The first kappa shape index (κ1) is 17.7. The van der Waals surface area contributed by atoms with E-state index >= 15 is 0 Å². The molecule has 1 saturated heterocycles. The van der Waals surface area contributed by atoms with E-state index in [1.807, 2.05) is 6.92 Å². The third-order valence-corrected chi connectivity index (χ3v) is 5.37. The highest BCUT2D eigenvalue weighted by Crippen LogP contribution is 2.15. The molecule has 0 unspecified atom stereocenters. The maximum atomic E-state index is 12.5. The Morgan fingerprint density at radius 2 is 2.04 bits per heavy atom. The fraction of sp³-hybridized carbons (Fsp3) is 0.353. The van der Waals surface area contributed by atoms with Crippen LogP contribution in [0.25, 0.3) is 0 Å². The Balaban J connectivity index is 1.67. The molecule has 1 N–H and O–H groups in total. The van der Waals surface area contributed by atoms with Crippen molar-refractivity contribution in [2.75, 3.05) is 19.7 Å². The summed E-state index contributed by atoms with van der Waals surface area (Å²) in [6, 6.07) is 9.31. The molecule has 0 radical (unpaired) electrons. The first-order valence-electron chi connectivity index (χ1n) is 7.99. The van der Waals surface area contributed by atoms with Gasteiger partial charge in [-0.1, -0.05) is 0 Å². The lowest BCUT2D eigenvalue weighted by Crippen LogP contribution is -2.44. The van der Waals surface area contributed by atoms with Gasteiger partial charge in [-0.15, -0.1) is 0 Å². The van der Waals surface area contributed by atoms with Gasteiger partial charge in [0, 0.05) is 18.7 Å². The van der Waals surface area contributed by atoms with Crippen LogP contribution in [0.4, 0.5) is 0 Å². The monoisotopic (exact) mass is 364 g/mol. The molecule has 1 aromatic heterocycles. The molecule has 1 atom stereocenters. The first-order valence-corrected chi connectivity index (χ1v) is 9.47. The summed E-state index contributed by atoms with van der Waals surface area (Å²) in [7, 11) is -3.67. The highest BCUT2D eigenvalue weighted by Gasteiger charge is 2.23. The number of ether oxygens (including phenoxy) is 1. The zero-order valence-electron chi connectivity index (χ0n) is 13.8. The number of carbonyl (C=O) groups excluding carboxylic acids is 1. The zero-order chi connectivity index (χ0) is 17.9. The molecule has 1 amide bonds. The summed E-state index contributed by atoms with van der Waals surface area (Å²) in [5.41, 5.74) is 0.457. The number of furan rings is 1. The Morgan fingerprint density at radius 1 is 1.28 bits per heavy atom. The van der Waals surface area contributed by atoms with E-state index in [-0.39, 0.29) is 23.5 Å². The average Bonchev–Trinajstić information content (AvgIpc) is 3.13. The standard InChI is InChI=1S/C17H20N2O5S/c1-13-12-19(8-10-23-13)17(20)14-4-6-16(7-5-14)25(21,22)18-11-15-3-2-9-24-15/h2-7,9,13,18H,8,10-12H2,1H3/t13-/m1/s1. The Labute approximate surface area is 146 Å². The van der Waals surface area contributed by atoms with E-state index in [0.29, 0.717) is 31.0 Å². The fourth-order valence-electron chi connectivity index (χ4n) is 2.62. The molecule has 1 aliphatic rings. The normalized spacial score (nSPS) is 18.3. The van der Waals surface area contributed by atoms with Crippen molar-refractivity contribution in [3.63, 3.8) is 0 Å². The van der Waals surface area contributed by atoms with Gasteiger partial charge in [0.1, 0.15) is 5.76 Å². The smallest absolute Gasteiger partial charge is 0.254 e. The van der Waals surface area contributed by atoms with Crippen LogP contribution in [0.3, 0.4) is 0 Å². The van der Waals surface area contributed by atoms with Crippen LogP contribution in [0.15, 0.2) is 52.0 Å². The van der Waals surface area contributed by atoms with E-state index in [1.165, 1.54) is 30.5 Å². The van der Waals surface area contributed by atoms with E-state index in [4.69, 9.17) is 9.15 Å². The SMILES string of the molecule is C[C@@H]1CN(C(=O)c2ccc(S(=O)(=O)NCc3ccco3)cc2)CCO1. The van der Waals surface area contributed by atoms with Crippen molar-refractivity contribution in [3.8, 4) is 0 Å². The Kier molecular flexibility index (Phi) is 5.22. The minimum Gasteiger partial charge on any atom is -0.468 e. The molecule has 0 aliphatic carbocycles. The molecule has 1 aliphatic heterocycles. The van der Waals surface area contributed by atoms with Crippen LogP contribution in [0.1, 0.15) is 23.0 Å². The molecular formula is C17H20N2O5S. The number of benzene rings is 1. The fourth-order valence-corrected chi connectivity index (χ4v) is 3.62. The number of hydrogen-bond donors (Lipinski definition) is 1. The second kappa shape index (κ2) is 7.38. The minimum absolute atomic E-state index is 0.00292. The van der Waals surface area contributed by atoms with Gasteiger partial charge in [0.15, 0.2) is 0 Å². The third-order valence-electron chi connectivity index (χ3n) is 3.96. The predicted octanol–water partition coefficient (Wildman–Crippen LogP) is 1.62. The predicted molar refractivity (Wildman–Crippen MR) is 90.5 cm³/mol. The number of nitrogens with one attached hydrogen (secondary N) is 1. The van der Waals surface area contributed by atoms with Crippen molar-refractivity contribution in [1.82, 2.24) is 9.62 Å². The summed E-state index contributed by atoms with van der Waals surface area (Å²) in [6.07, 6.45) is 1.49. The molecule has 2 aromatic rings. The molecule has 0 bridgehead atoms. The van der Waals surface area contributed by atoms with Gasteiger partial charge in [-0.2, -0.15) is 0 Å². The summed E-state index contributed by atoms with van der Waals surface area (Å²) in [4.78, 5) is 14.3. The number of nitrogens with zero attached hydrogens (tertiary/aromatic N) is 1. The molecule has 8 heteroatoms. The summed E-state index contributed by atoms with van der Waals surface area (Å²) >= 11 is 0. The van der Waals surface area contributed by atoms with Gasteiger partial charge >= 0.3 is 0 Å². The molecular weight excluding hydrogens is 344 g/mol. The first-order chi connectivity index (χ1) is 12.0. The van der Waals surface area contributed by atoms with Gasteiger partial charge in [-0.05, 0) is 43.3 Å². The molecule has 7 nitrogen and oxygen atoms in total. The molecule has 25 heavy (non-hydrogen) atoms. The number of amides is 1. The van der Waals surface area contributed by atoms with E-state index in [9.17, 15) is 13.2 Å². The highest BCUT2D eigenvalue weighted by molar-refractivity contribution is 7.89. The highest BCUT2D eigenvalue weighted by atomic mass is 32.2. The molecule has 3 rings (SSSR count). The lowest BCUT2D eigenvalue weighted by molar-refractivity contribution is -0.0124. The molecule has 1 aromatic carbocycles. The lowest BCUT2D eigenvalue weighted by Gasteiger charge is -2.31. The van der Waals surface area contributed by atoms with Crippen molar-refractivity contribution >= 4 is 15.9 Å². The van der Waals surface area contributed by atoms with Crippen LogP contribution in [0.2, 0.25) is 0 Å². The zero-order valence-corrected chi connectivity index (χ0v) is 14.7. The summed E-state index contributed by atoms with van der Waals surface area (Å²) in [5.74, 6) is 0.402. The quantitative estimate of drug-likeness (QED) is 0.871. The van der Waals surface area contributed by atoms with Gasteiger partial charge in [0.2, 0.25) is 10.0 Å². The van der Waals surface area contributed by atoms with E-state index < -0.39 is 10.0 Å².